The molecule has 2 N–H and O–H groups in total. The highest BCUT2D eigenvalue weighted by Crippen LogP contribution is 2.35. The van der Waals surface area contributed by atoms with Gasteiger partial charge in [-0.3, -0.25) is 0 Å². The SMILES string of the molecule is Cn1c(O)cc2cc3cc(O)sc3cc21. The fourth-order valence-corrected chi connectivity index (χ4v) is 2.66. The first-order chi connectivity index (χ1) is 7.15. The lowest BCUT2D eigenvalue weighted by Crippen LogP contribution is -1.84. The minimum Gasteiger partial charge on any atom is -0.499 e. The first-order valence-corrected chi connectivity index (χ1v) is 5.38. The van der Waals surface area contributed by atoms with Crippen molar-refractivity contribution < 1.29 is 10.2 Å². The number of aryl methyl sites for hydroxylation is 1. The Kier molecular flexibility index (Phi) is 1.53. The molecule has 0 atom stereocenters. The quantitative estimate of drug-likeness (QED) is 0.610. The first kappa shape index (κ1) is 8.61. The van der Waals surface area contributed by atoms with Crippen LogP contribution in [0.2, 0.25) is 0 Å². The van der Waals surface area contributed by atoms with E-state index in [4.69, 9.17) is 0 Å². The number of benzene rings is 1. The maximum absolute atomic E-state index is 9.56. The summed E-state index contributed by atoms with van der Waals surface area (Å²) in [6, 6.07) is 7.42. The van der Waals surface area contributed by atoms with E-state index in [0.717, 1.165) is 21.0 Å². The van der Waals surface area contributed by atoms with Crippen LogP contribution < -0.4 is 0 Å². The van der Waals surface area contributed by atoms with Crippen molar-refractivity contribution in [3.8, 4) is 10.9 Å². The van der Waals surface area contributed by atoms with Gasteiger partial charge in [-0.15, -0.1) is 0 Å². The zero-order valence-electron chi connectivity index (χ0n) is 8.06. The number of aromatic nitrogens is 1. The first-order valence-electron chi connectivity index (χ1n) is 4.56. The van der Waals surface area contributed by atoms with Gasteiger partial charge in [-0.05, 0) is 23.6 Å². The van der Waals surface area contributed by atoms with Gasteiger partial charge in [0.1, 0.15) is 0 Å². The van der Waals surface area contributed by atoms with Crippen LogP contribution in [0.4, 0.5) is 0 Å². The van der Waals surface area contributed by atoms with E-state index in [1.54, 1.807) is 16.7 Å². The molecule has 0 saturated heterocycles. The van der Waals surface area contributed by atoms with Crippen LogP contribution >= 0.6 is 11.3 Å². The molecule has 0 aliphatic rings. The summed E-state index contributed by atoms with van der Waals surface area (Å²) in [5, 5.41) is 21.3. The van der Waals surface area contributed by atoms with Gasteiger partial charge in [0.15, 0.2) is 10.9 Å². The highest BCUT2D eigenvalue weighted by atomic mass is 32.1. The predicted octanol–water partition coefficient (Wildman–Crippen LogP) is 2.80. The van der Waals surface area contributed by atoms with Crippen LogP contribution in [0.25, 0.3) is 21.0 Å². The summed E-state index contributed by atoms with van der Waals surface area (Å²) in [5.41, 5.74) is 0.974. The summed E-state index contributed by atoms with van der Waals surface area (Å²) in [7, 11) is 1.82. The van der Waals surface area contributed by atoms with Crippen LogP contribution in [0, 0.1) is 0 Å². The lowest BCUT2D eigenvalue weighted by molar-refractivity contribution is 0.435. The Balaban J connectivity index is 2.51. The topological polar surface area (TPSA) is 45.4 Å². The molecule has 0 bridgehead atoms. The van der Waals surface area contributed by atoms with E-state index >= 15 is 0 Å². The van der Waals surface area contributed by atoms with Gasteiger partial charge in [0.2, 0.25) is 0 Å². The zero-order valence-corrected chi connectivity index (χ0v) is 8.88. The molecular formula is C11H9NO2S. The number of hydrogen-bond acceptors (Lipinski definition) is 3. The van der Waals surface area contributed by atoms with E-state index in [0.29, 0.717) is 5.06 Å². The van der Waals surface area contributed by atoms with E-state index in [9.17, 15) is 10.2 Å². The van der Waals surface area contributed by atoms with Gasteiger partial charge in [-0.1, -0.05) is 11.3 Å². The summed E-state index contributed by atoms with van der Waals surface area (Å²) in [4.78, 5) is 0. The van der Waals surface area contributed by atoms with Gasteiger partial charge in [0.05, 0.1) is 5.52 Å². The highest BCUT2D eigenvalue weighted by molar-refractivity contribution is 7.20. The molecule has 1 aromatic carbocycles. The van der Waals surface area contributed by atoms with E-state index in [1.807, 2.05) is 19.2 Å². The Morgan fingerprint density at radius 3 is 2.67 bits per heavy atom. The average molecular weight is 219 g/mol. The molecule has 3 rings (SSSR count). The lowest BCUT2D eigenvalue weighted by Gasteiger charge is -1.97. The third kappa shape index (κ3) is 1.11. The van der Waals surface area contributed by atoms with Crippen LogP contribution in [0.1, 0.15) is 0 Å². The van der Waals surface area contributed by atoms with Crippen molar-refractivity contribution in [2.45, 2.75) is 0 Å². The largest absolute Gasteiger partial charge is 0.499 e. The second-order valence-corrected chi connectivity index (χ2v) is 4.66. The molecule has 0 aliphatic carbocycles. The summed E-state index contributed by atoms with van der Waals surface area (Å²) >= 11 is 1.35. The maximum Gasteiger partial charge on any atom is 0.191 e. The molecule has 0 aliphatic heterocycles. The van der Waals surface area contributed by atoms with Crippen molar-refractivity contribution in [3.63, 3.8) is 0 Å². The molecule has 0 saturated carbocycles. The van der Waals surface area contributed by atoms with Gasteiger partial charge in [-0.25, -0.2) is 0 Å². The molecule has 0 radical (unpaired) electrons. The molecule has 3 nitrogen and oxygen atoms in total. The third-order valence-corrected chi connectivity index (χ3v) is 3.54. The van der Waals surface area contributed by atoms with Crippen molar-refractivity contribution in [3.05, 3.63) is 24.3 Å². The van der Waals surface area contributed by atoms with Crippen LogP contribution in [0.3, 0.4) is 0 Å². The zero-order chi connectivity index (χ0) is 10.6. The van der Waals surface area contributed by atoms with E-state index in [2.05, 4.69) is 0 Å². The highest BCUT2D eigenvalue weighted by Gasteiger charge is 2.07. The van der Waals surface area contributed by atoms with Crippen molar-refractivity contribution in [1.82, 2.24) is 4.57 Å². The molecular weight excluding hydrogens is 210 g/mol. The van der Waals surface area contributed by atoms with Crippen molar-refractivity contribution in [2.75, 3.05) is 0 Å². The Labute approximate surface area is 89.8 Å². The summed E-state index contributed by atoms with van der Waals surface area (Å²) in [5.74, 6) is 0.256. The molecule has 0 fully saturated rings. The lowest BCUT2D eigenvalue weighted by atomic mass is 10.2. The maximum atomic E-state index is 9.56. The predicted molar refractivity (Wildman–Crippen MR) is 61.6 cm³/mol. The Morgan fingerprint density at radius 1 is 1.07 bits per heavy atom. The van der Waals surface area contributed by atoms with Crippen LogP contribution in [-0.2, 0) is 7.05 Å². The summed E-state index contributed by atoms with van der Waals surface area (Å²) in [6.07, 6.45) is 0. The monoisotopic (exact) mass is 219 g/mol. The molecule has 0 unspecified atom stereocenters. The fourth-order valence-electron chi connectivity index (χ4n) is 1.85. The Morgan fingerprint density at radius 2 is 1.87 bits per heavy atom. The number of fused-ring (bicyclic) bond motifs is 2. The number of rotatable bonds is 0. The molecule has 76 valence electrons. The van der Waals surface area contributed by atoms with Gasteiger partial charge in [-0.2, -0.15) is 0 Å². The number of thiophene rings is 1. The number of aromatic hydroxyl groups is 2. The minimum absolute atomic E-state index is 0.256. The molecule has 0 spiro atoms. The second-order valence-electron chi connectivity index (χ2n) is 3.60. The van der Waals surface area contributed by atoms with Crippen LogP contribution in [-0.4, -0.2) is 14.8 Å². The number of nitrogens with zero attached hydrogens (tertiary/aromatic N) is 1. The standard InChI is InChI=1S/C11H9NO2S/c1-12-8-5-9-7(4-11(14)15-9)2-6(8)3-10(12)13/h2-5,13-14H,1H3. The van der Waals surface area contributed by atoms with E-state index < -0.39 is 0 Å². The third-order valence-electron chi connectivity index (χ3n) is 2.64. The van der Waals surface area contributed by atoms with Gasteiger partial charge >= 0.3 is 0 Å². The molecule has 0 amide bonds. The Bertz CT molecular complexity index is 666. The van der Waals surface area contributed by atoms with Gasteiger partial charge in [0.25, 0.3) is 0 Å². The fraction of sp³-hybridized carbons (Fsp3) is 0.0909. The smallest absolute Gasteiger partial charge is 0.191 e. The molecule has 3 aromatic rings. The van der Waals surface area contributed by atoms with Gasteiger partial charge in [0, 0.05) is 23.2 Å². The van der Waals surface area contributed by atoms with Crippen LogP contribution in [0.15, 0.2) is 24.3 Å². The van der Waals surface area contributed by atoms with Crippen molar-refractivity contribution in [2.24, 2.45) is 7.05 Å². The Hall–Kier alpha value is -1.68. The van der Waals surface area contributed by atoms with E-state index in [-0.39, 0.29) is 5.88 Å². The summed E-state index contributed by atoms with van der Waals surface area (Å²) < 4.78 is 2.76. The summed E-state index contributed by atoms with van der Waals surface area (Å²) in [6.45, 7) is 0. The second kappa shape index (κ2) is 2.67. The van der Waals surface area contributed by atoms with Gasteiger partial charge < -0.3 is 14.8 Å². The number of hydrogen-bond donors (Lipinski definition) is 2. The average Bonchev–Trinajstić information content (AvgIpc) is 2.65. The molecule has 2 heterocycles. The normalized spacial score (nSPS) is 11.5. The molecule has 4 heteroatoms. The molecule has 15 heavy (non-hydrogen) atoms. The molecule has 2 aromatic heterocycles. The van der Waals surface area contributed by atoms with Crippen LogP contribution in [0.5, 0.6) is 10.9 Å². The van der Waals surface area contributed by atoms with Crippen molar-refractivity contribution >= 4 is 32.3 Å². The van der Waals surface area contributed by atoms with E-state index in [1.165, 1.54) is 11.3 Å². The minimum atomic E-state index is 0.256. The van der Waals surface area contributed by atoms with Crippen molar-refractivity contribution in [1.29, 1.82) is 0 Å².